The van der Waals surface area contributed by atoms with Gasteiger partial charge in [0.25, 0.3) is 5.91 Å². The maximum absolute atomic E-state index is 12.3. The molecule has 27 heavy (non-hydrogen) atoms. The van der Waals surface area contributed by atoms with Gasteiger partial charge < -0.3 is 19.5 Å². The smallest absolute Gasteiger partial charge is 0.348 e. The molecule has 0 aliphatic carbocycles. The monoisotopic (exact) mass is 391 g/mol. The van der Waals surface area contributed by atoms with E-state index in [1.807, 2.05) is 18.2 Å². The van der Waals surface area contributed by atoms with Crippen LogP contribution in [0.4, 0.5) is 5.69 Å². The minimum absolute atomic E-state index is 0.363. The van der Waals surface area contributed by atoms with Crippen LogP contribution in [-0.4, -0.2) is 31.2 Å². The number of esters is 1. The molecule has 0 bridgehead atoms. The second kappa shape index (κ2) is 9.83. The molecule has 2 rings (SSSR count). The van der Waals surface area contributed by atoms with Crippen molar-refractivity contribution in [2.24, 2.45) is 0 Å². The van der Waals surface area contributed by atoms with Crippen molar-refractivity contribution in [3.05, 3.63) is 53.6 Å². The number of carbonyl (C=O) groups excluding carboxylic acids is 2. The Morgan fingerprint density at radius 2 is 1.85 bits per heavy atom. The van der Waals surface area contributed by atoms with E-state index in [-0.39, 0.29) is 0 Å². The van der Waals surface area contributed by atoms with Gasteiger partial charge in [0, 0.05) is 5.69 Å². The second-order valence-electron chi connectivity index (χ2n) is 5.75. The first-order chi connectivity index (χ1) is 12.9. The van der Waals surface area contributed by atoms with Gasteiger partial charge in [-0.25, -0.2) is 4.79 Å². The van der Waals surface area contributed by atoms with Crippen molar-refractivity contribution in [1.29, 1.82) is 0 Å². The highest BCUT2D eigenvalue weighted by Gasteiger charge is 2.25. The highest BCUT2D eigenvalue weighted by molar-refractivity contribution is 6.32. The third-order valence-corrected chi connectivity index (χ3v) is 4.03. The second-order valence-corrected chi connectivity index (χ2v) is 6.15. The molecule has 2 aromatic carbocycles. The van der Waals surface area contributed by atoms with Crippen LogP contribution in [0.1, 0.15) is 20.3 Å². The fourth-order valence-electron chi connectivity index (χ4n) is 2.25. The van der Waals surface area contributed by atoms with Crippen LogP contribution in [0.15, 0.2) is 48.5 Å². The summed E-state index contributed by atoms with van der Waals surface area (Å²) in [6.07, 6.45) is -1.37. The molecule has 144 valence electrons. The van der Waals surface area contributed by atoms with Gasteiger partial charge in [0.05, 0.1) is 12.1 Å². The van der Waals surface area contributed by atoms with E-state index in [0.29, 0.717) is 28.6 Å². The molecular formula is C20H22ClNO5. The van der Waals surface area contributed by atoms with E-state index in [1.165, 1.54) is 14.0 Å². The number of rotatable bonds is 8. The fraction of sp³-hybridized carbons (Fsp3) is 0.300. The van der Waals surface area contributed by atoms with E-state index in [0.717, 1.165) is 0 Å². The molecule has 0 spiro atoms. The van der Waals surface area contributed by atoms with Gasteiger partial charge in [-0.2, -0.15) is 0 Å². The molecular weight excluding hydrogens is 370 g/mol. The number of hydrogen-bond donors (Lipinski definition) is 1. The summed E-state index contributed by atoms with van der Waals surface area (Å²) >= 11 is 6.04. The fourth-order valence-corrected chi connectivity index (χ4v) is 2.51. The molecule has 0 aromatic heterocycles. The Hall–Kier alpha value is -2.73. The number of benzene rings is 2. The number of halogens is 1. The van der Waals surface area contributed by atoms with Gasteiger partial charge in [0.2, 0.25) is 0 Å². The third kappa shape index (κ3) is 5.89. The van der Waals surface area contributed by atoms with Crippen molar-refractivity contribution in [1.82, 2.24) is 0 Å². The molecule has 7 heteroatoms. The van der Waals surface area contributed by atoms with Crippen LogP contribution in [0.2, 0.25) is 5.02 Å². The molecule has 0 aliphatic rings. The van der Waals surface area contributed by atoms with Crippen molar-refractivity contribution >= 4 is 29.2 Å². The zero-order valence-electron chi connectivity index (χ0n) is 15.4. The molecule has 2 aromatic rings. The van der Waals surface area contributed by atoms with Crippen LogP contribution >= 0.6 is 11.6 Å². The Morgan fingerprint density at radius 1 is 1.15 bits per heavy atom. The predicted octanol–water partition coefficient (Wildman–Crippen LogP) is 4.08. The van der Waals surface area contributed by atoms with Crippen LogP contribution in [0.3, 0.4) is 0 Å². The van der Waals surface area contributed by atoms with Crippen molar-refractivity contribution in [3.63, 3.8) is 0 Å². The Morgan fingerprint density at radius 3 is 2.44 bits per heavy atom. The highest BCUT2D eigenvalue weighted by Crippen LogP contribution is 2.27. The van der Waals surface area contributed by atoms with Crippen LogP contribution < -0.4 is 14.8 Å². The number of hydrogen-bond acceptors (Lipinski definition) is 5. The molecule has 0 saturated heterocycles. The molecule has 0 aliphatic heterocycles. The number of anilines is 1. The van der Waals surface area contributed by atoms with Gasteiger partial charge in [0.1, 0.15) is 11.5 Å². The molecule has 0 heterocycles. The number of amides is 1. The first-order valence-electron chi connectivity index (χ1n) is 8.51. The topological polar surface area (TPSA) is 73.9 Å². The van der Waals surface area contributed by atoms with E-state index in [4.69, 9.17) is 25.8 Å². The summed E-state index contributed by atoms with van der Waals surface area (Å²) < 4.78 is 15.9. The summed E-state index contributed by atoms with van der Waals surface area (Å²) in [6, 6.07) is 13.8. The summed E-state index contributed by atoms with van der Waals surface area (Å²) in [5.74, 6) is -0.0137. The molecule has 2 atom stereocenters. The summed E-state index contributed by atoms with van der Waals surface area (Å²) in [7, 11) is 1.50. The van der Waals surface area contributed by atoms with E-state index >= 15 is 0 Å². The Kier molecular flexibility index (Phi) is 7.49. The number of methoxy groups -OCH3 is 1. The largest absolute Gasteiger partial charge is 0.495 e. The minimum Gasteiger partial charge on any atom is -0.495 e. The summed E-state index contributed by atoms with van der Waals surface area (Å²) in [5, 5.41) is 3.01. The lowest BCUT2D eigenvalue weighted by Gasteiger charge is -2.19. The molecule has 1 N–H and O–H groups in total. The van der Waals surface area contributed by atoms with Crippen LogP contribution in [-0.2, 0) is 14.3 Å². The van der Waals surface area contributed by atoms with Crippen molar-refractivity contribution in [2.45, 2.75) is 32.5 Å². The van der Waals surface area contributed by atoms with Gasteiger partial charge in [-0.15, -0.1) is 0 Å². The number of carbonyl (C=O) groups is 2. The van der Waals surface area contributed by atoms with Crippen LogP contribution in [0, 0.1) is 0 Å². The Labute approximate surface area is 163 Å². The van der Waals surface area contributed by atoms with Crippen LogP contribution in [0.5, 0.6) is 11.5 Å². The van der Waals surface area contributed by atoms with Gasteiger partial charge in [-0.3, -0.25) is 4.79 Å². The first-order valence-corrected chi connectivity index (χ1v) is 8.89. The molecule has 1 amide bonds. The first kappa shape index (κ1) is 20.6. The van der Waals surface area contributed by atoms with Gasteiger partial charge in [-0.1, -0.05) is 36.7 Å². The average Bonchev–Trinajstić information content (AvgIpc) is 2.66. The van der Waals surface area contributed by atoms with E-state index in [9.17, 15) is 9.59 Å². The lowest BCUT2D eigenvalue weighted by Crippen LogP contribution is -2.36. The summed E-state index contributed by atoms with van der Waals surface area (Å²) in [4.78, 5) is 24.6. The Balaban J connectivity index is 1.93. The SMILES string of the molecule is CC[C@@H](Oc1ccccc1)C(=O)O[C@H](C)C(=O)Nc1ccc(OC)c(Cl)c1. The molecule has 0 saturated carbocycles. The van der Waals surface area contributed by atoms with Crippen molar-refractivity contribution < 1.29 is 23.8 Å². The molecule has 0 fully saturated rings. The quantitative estimate of drug-likeness (QED) is 0.686. The maximum Gasteiger partial charge on any atom is 0.348 e. The summed E-state index contributed by atoms with van der Waals surface area (Å²) in [5.41, 5.74) is 0.473. The minimum atomic E-state index is -0.994. The summed E-state index contributed by atoms with van der Waals surface area (Å²) in [6.45, 7) is 3.30. The number of ether oxygens (including phenoxy) is 3. The van der Waals surface area contributed by atoms with Crippen LogP contribution in [0.25, 0.3) is 0 Å². The Bertz CT molecular complexity index is 781. The lowest BCUT2D eigenvalue weighted by atomic mass is 10.2. The average molecular weight is 392 g/mol. The van der Waals surface area contributed by atoms with Gasteiger partial charge >= 0.3 is 5.97 Å². The molecule has 6 nitrogen and oxygen atoms in total. The van der Waals surface area contributed by atoms with Crippen molar-refractivity contribution in [3.8, 4) is 11.5 Å². The number of nitrogens with one attached hydrogen (secondary N) is 1. The maximum atomic E-state index is 12.3. The standard InChI is InChI=1S/C20H22ClNO5/c1-4-17(27-15-8-6-5-7-9-15)20(24)26-13(2)19(23)22-14-10-11-18(25-3)16(21)12-14/h5-13,17H,4H2,1-3H3,(H,22,23)/t13-,17-/m1/s1. The zero-order valence-corrected chi connectivity index (χ0v) is 16.2. The molecule has 0 unspecified atom stereocenters. The van der Waals surface area contributed by atoms with Gasteiger partial charge in [0.15, 0.2) is 12.2 Å². The van der Waals surface area contributed by atoms with Crippen molar-refractivity contribution in [2.75, 3.05) is 12.4 Å². The van der Waals surface area contributed by atoms with E-state index in [1.54, 1.807) is 37.3 Å². The van der Waals surface area contributed by atoms with E-state index < -0.39 is 24.1 Å². The van der Waals surface area contributed by atoms with Gasteiger partial charge in [-0.05, 0) is 43.7 Å². The number of para-hydroxylation sites is 1. The molecule has 0 radical (unpaired) electrons. The zero-order chi connectivity index (χ0) is 19.8. The normalized spacial score (nSPS) is 12.6. The highest BCUT2D eigenvalue weighted by atomic mass is 35.5. The predicted molar refractivity (Wildman–Crippen MR) is 103 cm³/mol. The van der Waals surface area contributed by atoms with E-state index in [2.05, 4.69) is 5.32 Å². The third-order valence-electron chi connectivity index (χ3n) is 3.74. The lowest BCUT2D eigenvalue weighted by molar-refractivity contribution is -0.160.